The molecular formula is C9H7Cl. The van der Waals surface area contributed by atoms with Crippen molar-refractivity contribution in [1.29, 1.82) is 0 Å². The van der Waals surface area contributed by atoms with Crippen molar-refractivity contribution >= 4 is 23.3 Å². The third-order valence-electron chi connectivity index (χ3n) is 1.84. The van der Waals surface area contributed by atoms with Crippen molar-refractivity contribution in [3.05, 3.63) is 34.3 Å². The van der Waals surface area contributed by atoms with Gasteiger partial charge < -0.3 is 0 Å². The van der Waals surface area contributed by atoms with Crippen molar-refractivity contribution in [3.63, 3.8) is 0 Å². The summed E-state index contributed by atoms with van der Waals surface area (Å²) < 4.78 is 0. The Bertz CT molecular complexity index is 311. The molecule has 1 aromatic rings. The molecule has 0 amide bonds. The summed E-state index contributed by atoms with van der Waals surface area (Å²) in [7, 11) is 0. The van der Waals surface area contributed by atoms with E-state index in [0.717, 1.165) is 5.02 Å². The zero-order chi connectivity index (χ0) is 7.14. The Balaban J connectivity index is 2.64. The monoisotopic (exact) mass is 150 g/mol. The maximum Gasteiger partial charge on any atom is 0.0484 e. The van der Waals surface area contributed by atoms with Crippen LogP contribution >= 0.6 is 11.6 Å². The van der Waals surface area contributed by atoms with Crippen LogP contribution in [0.1, 0.15) is 18.1 Å². The lowest BCUT2D eigenvalue weighted by Crippen LogP contribution is -1.95. The van der Waals surface area contributed by atoms with E-state index < -0.39 is 0 Å². The number of hydrogen-bond donors (Lipinski definition) is 0. The van der Waals surface area contributed by atoms with Gasteiger partial charge in [-0.3, -0.25) is 0 Å². The maximum absolute atomic E-state index is 5.89. The molecule has 0 aromatic heterocycles. The van der Waals surface area contributed by atoms with E-state index in [1.54, 1.807) is 0 Å². The van der Waals surface area contributed by atoms with Gasteiger partial charge in [0.1, 0.15) is 0 Å². The lowest BCUT2D eigenvalue weighted by atomic mass is 9.90. The smallest absolute Gasteiger partial charge is 0.0484 e. The third-order valence-corrected chi connectivity index (χ3v) is 2.17. The highest BCUT2D eigenvalue weighted by Crippen LogP contribution is 2.36. The quantitative estimate of drug-likeness (QED) is 0.533. The Morgan fingerprint density at radius 3 is 2.70 bits per heavy atom. The first kappa shape index (κ1) is 5.99. The van der Waals surface area contributed by atoms with Crippen LogP contribution in [-0.2, 0) is 0 Å². The van der Waals surface area contributed by atoms with E-state index in [2.05, 4.69) is 19.1 Å². The first-order chi connectivity index (χ1) is 4.79. The van der Waals surface area contributed by atoms with Crippen molar-refractivity contribution < 1.29 is 0 Å². The van der Waals surface area contributed by atoms with Crippen molar-refractivity contribution in [2.24, 2.45) is 0 Å². The molecule has 50 valence electrons. The van der Waals surface area contributed by atoms with Crippen LogP contribution in [0.25, 0.3) is 11.6 Å². The number of fused-ring (bicyclic) bond motifs is 1. The topological polar surface area (TPSA) is 0 Å². The van der Waals surface area contributed by atoms with Crippen LogP contribution in [0, 0.1) is 0 Å². The second kappa shape index (κ2) is 1.86. The molecule has 0 N–H and O–H groups in total. The predicted octanol–water partition coefficient (Wildman–Crippen LogP) is 3.21. The highest BCUT2D eigenvalue weighted by atomic mass is 35.5. The average Bonchev–Trinajstić information content (AvgIpc) is 1.91. The molecule has 0 radical (unpaired) electrons. The van der Waals surface area contributed by atoms with E-state index in [1.165, 1.54) is 16.7 Å². The molecule has 0 heterocycles. The van der Waals surface area contributed by atoms with Gasteiger partial charge in [-0.25, -0.2) is 0 Å². The van der Waals surface area contributed by atoms with Crippen LogP contribution in [0.5, 0.6) is 0 Å². The fraction of sp³-hybridized carbons (Fsp3) is 0.111. The molecular weight excluding hydrogens is 144 g/mol. The third kappa shape index (κ3) is 0.627. The molecule has 0 saturated heterocycles. The molecule has 2 rings (SSSR count). The van der Waals surface area contributed by atoms with E-state index in [9.17, 15) is 0 Å². The largest absolute Gasteiger partial charge is 0.0837 e. The Morgan fingerprint density at radius 1 is 1.30 bits per heavy atom. The van der Waals surface area contributed by atoms with Crippen molar-refractivity contribution in [1.82, 2.24) is 0 Å². The van der Waals surface area contributed by atoms with Gasteiger partial charge in [0.25, 0.3) is 0 Å². The zero-order valence-corrected chi connectivity index (χ0v) is 6.44. The lowest BCUT2D eigenvalue weighted by Gasteiger charge is -2.17. The summed E-state index contributed by atoms with van der Waals surface area (Å²) in [5, 5.41) is 0.864. The van der Waals surface area contributed by atoms with Gasteiger partial charge >= 0.3 is 0 Å². The van der Waals surface area contributed by atoms with Gasteiger partial charge in [0, 0.05) is 10.6 Å². The highest BCUT2D eigenvalue weighted by Gasteiger charge is 2.13. The molecule has 1 aliphatic carbocycles. The van der Waals surface area contributed by atoms with Crippen LogP contribution in [0.15, 0.2) is 18.2 Å². The number of halogens is 1. The molecule has 0 unspecified atom stereocenters. The zero-order valence-electron chi connectivity index (χ0n) is 5.69. The fourth-order valence-electron chi connectivity index (χ4n) is 1.24. The van der Waals surface area contributed by atoms with Crippen molar-refractivity contribution in [3.8, 4) is 0 Å². The molecule has 10 heavy (non-hydrogen) atoms. The summed E-state index contributed by atoms with van der Waals surface area (Å²) in [4.78, 5) is 0. The molecule has 0 atom stereocenters. The predicted molar refractivity (Wildman–Crippen MR) is 45.0 cm³/mol. The Labute approximate surface area is 65.1 Å². The van der Waals surface area contributed by atoms with Gasteiger partial charge in [-0.2, -0.15) is 0 Å². The summed E-state index contributed by atoms with van der Waals surface area (Å²) in [6.45, 7) is 2.10. The first-order valence-electron chi connectivity index (χ1n) is 3.26. The number of rotatable bonds is 0. The summed E-state index contributed by atoms with van der Waals surface area (Å²) in [6, 6.07) is 6.00. The van der Waals surface area contributed by atoms with Gasteiger partial charge in [0.05, 0.1) is 0 Å². The second-order valence-electron chi connectivity index (χ2n) is 2.53. The average molecular weight is 151 g/mol. The molecule has 0 fully saturated rings. The van der Waals surface area contributed by atoms with E-state index >= 15 is 0 Å². The Morgan fingerprint density at radius 2 is 2.10 bits per heavy atom. The SMILES string of the molecule is CC1=Cc2c(Cl)cccc21. The van der Waals surface area contributed by atoms with Crippen molar-refractivity contribution in [2.45, 2.75) is 6.92 Å². The molecule has 0 nitrogen and oxygen atoms in total. The van der Waals surface area contributed by atoms with Gasteiger partial charge in [0.15, 0.2) is 0 Å². The van der Waals surface area contributed by atoms with Crippen LogP contribution in [0.4, 0.5) is 0 Å². The molecule has 1 aliphatic rings. The maximum atomic E-state index is 5.89. The van der Waals surface area contributed by atoms with Gasteiger partial charge in [-0.05, 0) is 30.2 Å². The summed E-state index contributed by atoms with van der Waals surface area (Å²) >= 11 is 5.89. The van der Waals surface area contributed by atoms with E-state index in [-0.39, 0.29) is 0 Å². The standard InChI is InChI=1S/C9H7Cl/c1-6-5-8-7(6)3-2-4-9(8)10/h2-5H,1H3. The summed E-state index contributed by atoms with van der Waals surface area (Å²) in [6.07, 6.45) is 2.11. The minimum atomic E-state index is 0.864. The first-order valence-corrected chi connectivity index (χ1v) is 3.64. The normalized spacial score (nSPS) is 13.6. The van der Waals surface area contributed by atoms with Crippen molar-refractivity contribution in [2.75, 3.05) is 0 Å². The number of allylic oxidation sites excluding steroid dienone is 1. The Kier molecular flexibility index (Phi) is 1.12. The van der Waals surface area contributed by atoms with Crippen LogP contribution in [0.3, 0.4) is 0 Å². The number of benzene rings is 1. The number of hydrogen-bond acceptors (Lipinski definition) is 0. The van der Waals surface area contributed by atoms with E-state index in [1.807, 2.05) is 12.1 Å². The fourth-order valence-corrected chi connectivity index (χ4v) is 1.47. The molecule has 0 spiro atoms. The van der Waals surface area contributed by atoms with E-state index in [0.29, 0.717) is 0 Å². The highest BCUT2D eigenvalue weighted by molar-refractivity contribution is 6.33. The summed E-state index contributed by atoms with van der Waals surface area (Å²) in [5.74, 6) is 0. The van der Waals surface area contributed by atoms with Gasteiger partial charge in [-0.15, -0.1) is 0 Å². The molecule has 0 aliphatic heterocycles. The van der Waals surface area contributed by atoms with Gasteiger partial charge in [-0.1, -0.05) is 23.7 Å². The van der Waals surface area contributed by atoms with Crippen LogP contribution in [-0.4, -0.2) is 0 Å². The molecule has 0 saturated carbocycles. The second-order valence-corrected chi connectivity index (χ2v) is 2.94. The van der Waals surface area contributed by atoms with Gasteiger partial charge in [0.2, 0.25) is 0 Å². The molecule has 0 bridgehead atoms. The Hall–Kier alpha value is -0.750. The molecule has 1 aromatic carbocycles. The van der Waals surface area contributed by atoms with Crippen LogP contribution < -0.4 is 0 Å². The minimum Gasteiger partial charge on any atom is -0.0837 e. The van der Waals surface area contributed by atoms with Crippen LogP contribution in [0.2, 0.25) is 5.02 Å². The summed E-state index contributed by atoms with van der Waals surface area (Å²) in [5.41, 5.74) is 3.83. The lowest BCUT2D eigenvalue weighted by molar-refractivity contribution is 1.49. The van der Waals surface area contributed by atoms with E-state index in [4.69, 9.17) is 11.6 Å². The molecule has 1 heteroatoms. The minimum absolute atomic E-state index is 0.864.